The highest BCUT2D eigenvalue weighted by Crippen LogP contribution is 3.10. The molecule has 98 valence electrons. The minimum Gasteiger partial charge on any atom is -0.0585 e. The Labute approximate surface area is 114 Å². The summed E-state index contributed by atoms with van der Waals surface area (Å²) < 4.78 is 0. The minimum atomic E-state index is 0.878. The van der Waals surface area contributed by atoms with Crippen LogP contribution in [0.5, 0.6) is 0 Å². The van der Waals surface area contributed by atoms with Gasteiger partial charge in [0.2, 0.25) is 0 Å². The van der Waals surface area contributed by atoms with E-state index >= 15 is 0 Å². The molecule has 14 bridgehead atoms. The first kappa shape index (κ1) is 8.44. The molecular formula is C19H22. The van der Waals surface area contributed by atoms with Crippen molar-refractivity contribution in [1.82, 2.24) is 0 Å². The molecule has 14 unspecified atom stereocenters. The van der Waals surface area contributed by atoms with Gasteiger partial charge in [-0.05, 0) is 107 Å². The van der Waals surface area contributed by atoms with E-state index in [1.807, 2.05) is 0 Å². The molecule has 0 aliphatic heterocycles. The van der Waals surface area contributed by atoms with Crippen LogP contribution in [-0.2, 0) is 0 Å². The molecule has 12 saturated carbocycles. The highest BCUT2D eigenvalue weighted by molar-refractivity contribution is 5.53. The van der Waals surface area contributed by atoms with Gasteiger partial charge >= 0.3 is 0 Å². The Hall–Kier alpha value is 0. The van der Waals surface area contributed by atoms with Crippen LogP contribution in [0.4, 0.5) is 0 Å². The molecule has 12 fully saturated rings. The van der Waals surface area contributed by atoms with Gasteiger partial charge in [-0.15, -0.1) is 0 Å². The molecule has 0 nitrogen and oxygen atoms in total. The molecule has 14 atom stereocenters. The smallest absolute Gasteiger partial charge is 0.0108 e. The SMILES string of the molecule is CC12C3CCC1C1C3C3C4C5C6C7CC4C6(C7)C32C15. The summed E-state index contributed by atoms with van der Waals surface area (Å²) in [7, 11) is 0. The highest BCUT2D eigenvalue weighted by Gasteiger charge is 3.07. The molecule has 0 radical (unpaired) electrons. The van der Waals surface area contributed by atoms with Crippen LogP contribution in [0.25, 0.3) is 0 Å². The molecule has 0 N–H and O–H groups in total. The zero-order valence-corrected chi connectivity index (χ0v) is 11.7. The third-order valence-corrected chi connectivity index (χ3v) is 12.3. The molecular weight excluding hydrogens is 228 g/mol. The van der Waals surface area contributed by atoms with Gasteiger partial charge in [-0.25, -0.2) is 0 Å². The molecule has 0 aromatic carbocycles. The molecule has 0 aromatic heterocycles. The van der Waals surface area contributed by atoms with Gasteiger partial charge < -0.3 is 0 Å². The molecule has 0 heteroatoms. The monoisotopic (exact) mass is 250 g/mol. The van der Waals surface area contributed by atoms with Crippen LogP contribution < -0.4 is 0 Å². The fraction of sp³-hybridized carbons (Fsp3) is 1.00. The normalized spacial score (nSPS) is 98.1. The van der Waals surface area contributed by atoms with Crippen LogP contribution in [0.3, 0.4) is 0 Å². The van der Waals surface area contributed by atoms with Crippen molar-refractivity contribution in [3.05, 3.63) is 0 Å². The lowest BCUT2D eigenvalue weighted by Gasteiger charge is -2.58. The van der Waals surface area contributed by atoms with E-state index in [9.17, 15) is 0 Å². The number of hydrogen-bond acceptors (Lipinski definition) is 0. The van der Waals surface area contributed by atoms with Crippen molar-refractivity contribution in [2.24, 2.45) is 81.3 Å². The van der Waals surface area contributed by atoms with Crippen molar-refractivity contribution < 1.29 is 0 Å². The van der Waals surface area contributed by atoms with Gasteiger partial charge in [0.15, 0.2) is 0 Å². The quantitative estimate of drug-likeness (QED) is 0.618. The predicted molar refractivity (Wildman–Crippen MR) is 69.8 cm³/mol. The fourth-order valence-corrected chi connectivity index (χ4v) is 13.8. The summed E-state index contributed by atoms with van der Waals surface area (Å²) in [5.41, 5.74) is 2.83. The molecule has 0 aromatic rings. The van der Waals surface area contributed by atoms with Crippen LogP contribution in [0.15, 0.2) is 0 Å². The second kappa shape index (κ2) is 1.72. The van der Waals surface area contributed by atoms with Gasteiger partial charge in [0.1, 0.15) is 0 Å². The average Bonchev–Trinajstić information content (AvgIpc) is 3.13. The summed E-state index contributed by atoms with van der Waals surface area (Å²) in [6, 6.07) is 0. The largest absolute Gasteiger partial charge is 0.0585 e. The summed E-state index contributed by atoms with van der Waals surface area (Å²) in [6.45, 7) is 2.85. The standard InChI is InChI=1S/C19H22/c1-17-7-2-3-8(17)11-10(7)15-12-9-4-6-5-18(9)14(6)13(12)16(11)19(15,17)18/h6-16H,2-5H2,1H3. The highest BCUT2D eigenvalue weighted by atomic mass is 15.1. The average molecular weight is 250 g/mol. The Bertz CT molecular complexity index is 566. The van der Waals surface area contributed by atoms with Gasteiger partial charge in [-0.3, -0.25) is 0 Å². The maximum Gasteiger partial charge on any atom is -0.0108 e. The molecule has 0 amide bonds. The van der Waals surface area contributed by atoms with Crippen molar-refractivity contribution in [3.63, 3.8) is 0 Å². The van der Waals surface area contributed by atoms with Gasteiger partial charge in [0.25, 0.3) is 0 Å². The van der Waals surface area contributed by atoms with Crippen LogP contribution in [0, 0.1) is 81.3 Å². The van der Waals surface area contributed by atoms with Crippen molar-refractivity contribution in [2.45, 2.75) is 32.6 Å². The summed E-state index contributed by atoms with van der Waals surface area (Å²) in [4.78, 5) is 0. The first-order valence-electron chi connectivity index (χ1n) is 9.29. The van der Waals surface area contributed by atoms with E-state index in [1.54, 1.807) is 25.7 Å². The molecule has 12 rings (SSSR count). The van der Waals surface area contributed by atoms with Crippen LogP contribution in [-0.4, -0.2) is 0 Å². The second-order valence-electron chi connectivity index (χ2n) is 10.7. The number of rotatable bonds is 0. The summed E-state index contributed by atoms with van der Waals surface area (Å²) in [5.74, 6) is 14.0. The maximum absolute atomic E-state index is 2.85. The third kappa shape index (κ3) is 0.367. The van der Waals surface area contributed by atoms with E-state index in [0.717, 1.165) is 16.2 Å². The Morgan fingerprint density at radius 2 is 1.47 bits per heavy atom. The van der Waals surface area contributed by atoms with Crippen molar-refractivity contribution in [2.75, 3.05) is 0 Å². The van der Waals surface area contributed by atoms with E-state index in [4.69, 9.17) is 0 Å². The summed E-state index contributed by atoms with van der Waals surface area (Å²) >= 11 is 0. The van der Waals surface area contributed by atoms with Crippen molar-refractivity contribution in [1.29, 1.82) is 0 Å². The summed E-state index contributed by atoms with van der Waals surface area (Å²) in [5, 5.41) is 0. The zero-order valence-electron chi connectivity index (χ0n) is 11.7. The van der Waals surface area contributed by atoms with Gasteiger partial charge in [0.05, 0.1) is 0 Å². The molecule has 0 heterocycles. The molecule has 19 heavy (non-hydrogen) atoms. The molecule has 12 aliphatic rings. The minimum absolute atomic E-state index is 0.878. The Kier molecular flexibility index (Phi) is 0.764. The Balaban J connectivity index is 1.53. The van der Waals surface area contributed by atoms with E-state index < -0.39 is 0 Å². The number of hydrogen-bond donors (Lipinski definition) is 0. The fourth-order valence-electron chi connectivity index (χ4n) is 13.8. The topological polar surface area (TPSA) is 0 Å². The molecule has 2 spiro atoms. The predicted octanol–water partition coefficient (Wildman–Crippen LogP) is 3.43. The summed E-state index contributed by atoms with van der Waals surface area (Å²) in [6.07, 6.45) is 6.75. The maximum atomic E-state index is 2.85. The lowest BCUT2D eigenvalue weighted by molar-refractivity contribution is -0.119. The van der Waals surface area contributed by atoms with Crippen LogP contribution >= 0.6 is 0 Å². The molecule has 12 aliphatic carbocycles. The first-order chi connectivity index (χ1) is 9.29. The Morgan fingerprint density at radius 1 is 0.789 bits per heavy atom. The van der Waals surface area contributed by atoms with E-state index in [2.05, 4.69) is 6.92 Å². The third-order valence-electron chi connectivity index (χ3n) is 12.3. The van der Waals surface area contributed by atoms with Crippen molar-refractivity contribution >= 4 is 0 Å². The van der Waals surface area contributed by atoms with Crippen LogP contribution in [0.1, 0.15) is 32.6 Å². The van der Waals surface area contributed by atoms with Crippen LogP contribution in [0.2, 0.25) is 0 Å². The lowest BCUT2D eigenvalue weighted by atomic mass is 9.45. The van der Waals surface area contributed by atoms with Gasteiger partial charge in [-0.1, -0.05) is 6.92 Å². The van der Waals surface area contributed by atoms with E-state index in [1.165, 1.54) is 65.1 Å². The second-order valence-corrected chi connectivity index (χ2v) is 10.7. The van der Waals surface area contributed by atoms with Crippen molar-refractivity contribution in [3.8, 4) is 0 Å². The van der Waals surface area contributed by atoms with Gasteiger partial charge in [0, 0.05) is 0 Å². The van der Waals surface area contributed by atoms with E-state index in [0.29, 0.717) is 0 Å². The van der Waals surface area contributed by atoms with E-state index in [-0.39, 0.29) is 0 Å². The lowest BCUT2D eigenvalue weighted by Crippen LogP contribution is -2.55. The Morgan fingerprint density at radius 3 is 2.26 bits per heavy atom. The molecule has 0 saturated heterocycles. The first-order valence-corrected chi connectivity index (χ1v) is 9.29. The zero-order chi connectivity index (χ0) is 11.7. The van der Waals surface area contributed by atoms with Gasteiger partial charge in [-0.2, -0.15) is 0 Å².